The third-order valence-corrected chi connectivity index (χ3v) is 3.26. The third kappa shape index (κ3) is 2.24. The van der Waals surface area contributed by atoms with Gasteiger partial charge in [-0.1, -0.05) is 18.2 Å². The van der Waals surface area contributed by atoms with Gasteiger partial charge in [-0.25, -0.2) is 4.39 Å². The van der Waals surface area contributed by atoms with Crippen LogP contribution in [-0.2, 0) is 0 Å². The Morgan fingerprint density at radius 1 is 1.12 bits per heavy atom. The fourth-order valence-electron chi connectivity index (χ4n) is 1.75. The van der Waals surface area contributed by atoms with Gasteiger partial charge in [-0.2, -0.15) is 0 Å². The lowest BCUT2D eigenvalue weighted by atomic mass is 9.92. The summed E-state index contributed by atoms with van der Waals surface area (Å²) < 4.78 is 13.8. The van der Waals surface area contributed by atoms with Gasteiger partial charge in [0.25, 0.3) is 0 Å². The largest absolute Gasteiger partial charge is 0.206 e. The average Bonchev–Trinajstić information content (AvgIpc) is 2.22. The Morgan fingerprint density at radius 2 is 1.69 bits per heavy atom. The van der Waals surface area contributed by atoms with Crippen molar-refractivity contribution in [1.29, 1.82) is 0 Å². The van der Waals surface area contributed by atoms with Crippen LogP contribution < -0.4 is 0 Å². The molecule has 0 saturated carbocycles. The van der Waals surface area contributed by atoms with Gasteiger partial charge >= 0.3 is 0 Å². The second kappa shape index (κ2) is 4.65. The Morgan fingerprint density at radius 3 is 2.19 bits per heavy atom. The van der Waals surface area contributed by atoms with Crippen LogP contribution >= 0.6 is 0 Å². The topological polar surface area (TPSA) is 0 Å². The second-order valence-electron chi connectivity index (χ2n) is 4.39. The van der Waals surface area contributed by atoms with Crippen molar-refractivity contribution in [3.05, 3.63) is 52.4 Å². The third-order valence-electron chi connectivity index (χ3n) is 3.26. The summed E-state index contributed by atoms with van der Waals surface area (Å²) in [5, 5.41) is 0. The van der Waals surface area contributed by atoms with Gasteiger partial charge in [0.2, 0.25) is 0 Å². The van der Waals surface area contributed by atoms with E-state index >= 15 is 0 Å². The molecule has 0 aliphatic rings. The van der Waals surface area contributed by atoms with Gasteiger partial charge in [-0.3, -0.25) is 0 Å². The Kier molecular flexibility index (Phi) is 3.69. The van der Waals surface area contributed by atoms with E-state index in [2.05, 4.69) is 6.58 Å². The van der Waals surface area contributed by atoms with Crippen molar-refractivity contribution < 1.29 is 4.39 Å². The quantitative estimate of drug-likeness (QED) is 0.625. The van der Waals surface area contributed by atoms with Crippen LogP contribution in [0.2, 0.25) is 0 Å². The van der Waals surface area contributed by atoms with Crippen molar-refractivity contribution in [2.45, 2.75) is 34.6 Å². The highest BCUT2D eigenvalue weighted by Gasteiger charge is 2.11. The van der Waals surface area contributed by atoms with Crippen LogP contribution in [0, 0.1) is 19.7 Å². The lowest BCUT2D eigenvalue weighted by Gasteiger charge is -2.13. The summed E-state index contributed by atoms with van der Waals surface area (Å²) in [5.74, 6) is -0.152. The molecule has 0 aliphatic heterocycles. The van der Waals surface area contributed by atoms with E-state index in [-0.39, 0.29) is 5.82 Å². The minimum atomic E-state index is -0.152. The van der Waals surface area contributed by atoms with Gasteiger partial charge < -0.3 is 0 Å². The van der Waals surface area contributed by atoms with E-state index in [4.69, 9.17) is 0 Å². The van der Waals surface area contributed by atoms with Gasteiger partial charge in [-0.15, -0.1) is 0 Å². The van der Waals surface area contributed by atoms with E-state index in [1.807, 2.05) is 40.7 Å². The van der Waals surface area contributed by atoms with Crippen LogP contribution in [0.4, 0.5) is 4.39 Å². The Bertz CT molecular complexity index is 465. The molecule has 16 heavy (non-hydrogen) atoms. The summed E-state index contributed by atoms with van der Waals surface area (Å²) in [5.41, 5.74) is 5.88. The van der Waals surface area contributed by atoms with Crippen molar-refractivity contribution in [3.63, 3.8) is 0 Å². The molecule has 0 nitrogen and oxygen atoms in total. The van der Waals surface area contributed by atoms with Crippen molar-refractivity contribution in [2.24, 2.45) is 0 Å². The van der Waals surface area contributed by atoms with E-state index in [1.54, 1.807) is 0 Å². The molecular formula is C15H19F. The van der Waals surface area contributed by atoms with Gasteiger partial charge in [0.1, 0.15) is 5.82 Å². The van der Waals surface area contributed by atoms with Gasteiger partial charge in [0.15, 0.2) is 0 Å². The van der Waals surface area contributed by atoms with E-state index < -0.39 is 0 Å². The van der Waals surface area contributed by atoms with Gasteiger partial charge in [-0.05, 0) is 63.0 Å². The molecule has 0 N–H and O–H groups in total. The minimum absolute atomic E-state index is 0.152. The Labute approximate surface area is 97.5 Å². The van der Waals surface area contributed by atoms with E-state index in [0.29, 0.717) is 0 Å². The SMILES string of the molecule is C=C(C)/C(C)=C(\C)c1c(F)ccc(C)c1C. The molecule has 0 fully saturated rings. The number of aryl methyl sites for hydroxylation is 1. The van der Waals surface area contributed by atoms with Crippen LogP contribution in [0.1, 0.15) is 37.5 Å². The monoisotopic (exact) mass is 218 g/mol. The zero-order chi connectivity index (χ0) is 12.5. The first-order chi connectivity index (χ1) is 7.36. The Balaban J connectivity index is 3.51. The smallest absolute Gasteiger partial charge is 0.130 e. The predicted molar refractivity (Wildman–Crippen MR) is 69.0 cm³/mol. The molecule has 1 aromatic rings. The molecular weight excluding hydrogens is 199 g/mol. The normalized spacial score (nSPS) is 12.4. The number of allylic oxidation sites excluding steroid dienone is 3. The molecule has 0 spiro atoms. The maximum absolute atomic E-state index is 13.8. The fourth-order valence-corrected chi connectivity index (χ4v) is 1.75. The maximum atomic E-state index is 13.8. The number of hydrogen-bond acceptors (Lipinski definition) is 0. The van der Waals surface area contributed by atoms with Gasteiger partial charge in [0, 0.05) is 5.56 Å². The van der Waals surface area contributed by atoms with E-state index in [0.717, 1.165) is 33.4 Å². The van der Waals surface area contributed by atoms with Crippen LogP contribution in [-0.4, -0.2) is 0 Å². The predicted octanol–water partition coefficient (Wildman–Crippen LogP) is 4.81. The van der Waals surface area contributed by atoms with Crippen LogP contribution in [0.25, 0.3) is 5.57 Å². The number of hydrogen-bond donors (Lipinski definition) is 0. The summed E-state index contributed by atoms with van der Waals surface area (Å²) in [4.78, 5) is 0. The molecule has 0 unspecified atom stereocenters. The molecule has 0 radical (unpaired) electrons. The van der Waals surface area contributed by atoms with E-state index in [9.17, 15) is 4.39 Å². The molecule has 1 aromatic carbocycles. The number of rotatable bonds is 2. The highest BCUT2D eigenvalue weighted by atomic mass is 19.1. The van der Waals surface area contributed by atoms with Crippen molar-refractivity contribution in [1.82, 2.24) is 0 Å². The standard InChI is InChI=1S/C15H19F/c1-9(2)11(4)13(6)15-12(5)10(3)7-8-14(15)16/h7-8H,1H2,2-6H3/b13-11+. The fraction of sp³-hybridized carbons (Fsp3) is 0.333. The number of benzene rings is 1. The lowest BCUT2D eigenvalue weighted by molar-refractivity contribution is 0.622. The first-order valence-corrected chi connectivity index (χ1v) is 5.45. The second-order valence-corrected chi connectivity index (χ2v) is 4.39. The van der Waals surface area contributed by atoms with E-state index in [1.165, 1.54) is 6.07 Å². The summed E-state index contributed by atoms with van der Waals surface area (Å²) in [6.07, 6.45) is 0. The first kappa shape index (κ1) is 12.7. The summed E-state index contributed by atoms with van der Waals surface area (Å²) >= 11 is 0. The van der Waals surface area contributed by atoms with Crippen LogP contribution in [0.5, 0.6) is 0 Å². The summed E-state index contributed by atoms with van der Waals surface area (Å²) in [6, 6.07) is 3.35. The molecule has 0 aliphatic carbocycles. The minimum Gasteiger partial charge on any atom is -0.206 e. The first-order valence-electron chi connectivity index (χ1n) is 5.45. The molecule has 86 valence electrons. The van der Waals surface area contributed by atoms with Crippen molar-refractivity contribution in [2.75, 3.05) is 0 Å². The maximum Gasteiger partial charge on any atom is 0.130 e. The molecule has 0 saturated heterocycles. The average molecular weight is 218 g/mol. The molecule has 0 aromatic heterocycles. The highest BCUT2D eigenvalue weighted by Crippen LogP contribution is 2.28. The van der Waals surface area contributed by atoms with Gasteiger partial charge in [0.05, 0.1) is 0 Å². The Hall–Kier alpha value is -1.37. The molecule has 1 rings (SSSR count). The molecule has 0 amide bonds. The molecule has 0 atom stereocenters. The number of halogens is 1. The van der Waals surface area contributed by atoms with Crippen LogP contribution in [0.15, 0.2) is 29.9 Å². The summed E-state index contributed by atoms with van der Waals surface area (Å²) in [6.45, 7) is 13.8. The highest BCUT2D eigenvalue weighted by molar-refractivity contribution is 5.73. The van der Waals surface area contributed by atoms with Crippen LogP contribution in [0.3, 0.4) is 0 Å². The zero-order valence-electron chi connectivity index (χ0n) is 10.7. The summed E-state index contributed by atoms with van der Waals surface area (Å²) in [7, 11) is 0. The molecule has 0 heterocycles. The molecule has 0 bridgehead atoms. The molecule has 1 heteroatoms. The lowest BCUT2D eigenvalue weighted by Crippen LogP contribution is -1.97. The zero-order valence-corrected chi connectivity index (χ0v) is 10.7. The van der Waals surface area contributed by atoms with Crippen molar-refractivity contribution >= 4 is 5.57 Å². The van der Waals surface area contributed by atoms with Crippen molar-refractivity contribution in [3.8, 4) is 0 Å².